The molecule has 2 aromatic carbocycles. The summed E-state index contributed by atoms with van der Waals surface area (Å²) in [5, 5.41) is 7.05. The zero-order chi connectivity index (χ0) is 24.0. The van der Waals surface area contributed by atoms with Crippen LogP contribution < -0.4 is 30.7 Å². The summed E-state index contributed by atoms with van der Waals surface area (Å²) in [6.45, 7) is 3.36. The highest BCUT2D eigenvalue weighted by Crippen LogP contribution is 2.32. The van der Waals surface area contributed by atoms with Crippen LogP contribution in [0.25, 0.3) is 0 Å². The number of hydrogen-bond donors (Lipinski definition) is 3. The van der Waals surface area contributed by atoms with Crippen molar-refractivity contribution in [1.82, 2.24) is 10.7 Å². The predicted molar refractivity (Wildman–Crippen MR) is 121 cm³/mol. The lowest BCUT2D eigenvalue weighted by molar-refractivity contribution is -0.124. The highest BCUT2D eigenvalue weighted by Gasteiger charge is 2.25. The monoisotopic (exact) mass is 474 g/mol. The first-order valence-corrected chi connectivity index (χ1v) is 10.4. The Morgan fingerprint density at radius 2 is 1.94 bits per heavy atom. The number of rotatable bonds is 9. The molecule has 0 spiro atoms. The summed E-state index contributed by atoms with van der Waals surface area (Å²) >= 11 is 6.00. The number of nitrogens with two attached hydrogens (primary N) is 1. The molecule has 4 N–H and O–H groups in total. The number of hydrogen-bond acceptors (Lipinski definition) is 7. The number of benzene rings is 2. The number of nitrogens with one attached hydrogen (secondary N) is 2. The number of primary amides is 1. The third-order valence-electron chi connectivity index (χ3n) is 4.59. The van der Waals surface area contributed by atoms with E-state index in [-0.39, 0.29) is 19.3 Å². The molecule has 1 aliphatic rings. The Kier molecular flexibility index (Phi) is 7.73. The Hall–Kier alpha value is -3.79. The number of halogens is 1. The molecule has 1 aliphatic heterocycles. The minimum absolute atomic E-state index is 0.0946. The van der Waals surface area contributed by atoms with Gasteiger partial charge in [-0.2, -0.15) is 5.10 Å². The molecular weight excluding hydrogens is 452 g/mol. The van der Waals surface area contributed by atoms with Gasteiger partial charge in [-0.15, -0.1) is 0 Å². The predicted octanol–water partition coefficient (Wildman–Crippen LogP) is 1.84. The Balaban J connectivity index is 1.66. The summed E-state index contributed by atoms with van der Waals surface area (Å²) in [6, 6.07) is 8.60. The maximum Gasteiger partial charge on any atom is 0.262 e. The van der Waals surface area contributed by atoms with Crippen LogP contribution in [0.2, 0.25) is 5.02 Å². The fraction of sp³-hybridized carbons (Fsp3) is 0.273. The standard InChI is InChI=1S/C22H23ClN4O6/c1-12(2)20(26-21(29)13-3-5-17-18(8-13)33-11-32-17)22(30)27-25-9-14-7-15(23)4-6-16(14)31-10-19(24)28/h3-9,12,20H,10-11H2,1-2H3,(H2,24,28)(H,26,29)(H,27,30)/b25-9-/t20-/m1/s1. The van der Waals surface area contributed by atoms with E-state index in [0.717, 1.165) is 0 Å². The first kappa shape index (κ1) is 23.9. The smallest absolute Gasteiger partial charge is 0.262 e. The average Bonchev–Trinajstić information content (AvgIpc) is 3.24. The van der Waals surface area contributed by atoms with Crippen molar-refractivity contribution in [2.75, 3.05) is 13.4 Å². The summed E-state index contributed by atoms with van der Waals surface area (Å²) in [4.78, 5) is 36.3. The van der Waals surface area contributed by atoms with Crippen molar-refractivity contribution in [3.63, 3.8) is 0 Å². The molecule has 3 rings (SSSR count). The van der Waals surface area contributed by atoms with Gasteiger partial charge in [-0.05, 0) is 42.3 Å². The van der Waals surface area contributed by atoms with Crippen LogP contribution in [0.15, 0.2) is 41.5 Å². The lowest BCUT2D eigenvalue weighted by Gasteiger charge is -2.20. The summed E-state index contributed by atoms with van der Waals surface area (Å²) < 4.78 is 15.8. The molecule has 174 valence electrons. The fourth-order valence-electron chi connectivity index (χ4n) is 2.93. The minimum atomic E-state index is -0.856. The van der Waals surface area contributed by atoms with Gasteiger partial charge in [-0.25, -0.2) is 5.43 Å². The quantitative estimate of drug-likeness (QED) is 0.374. The molecular formula is C22H23ClN4O6. The van der Waals surface area contributed by atoms with E-state index in [1.54, 1.807) is 50.2 Å². The van der Waals surface area contributed by atoms with Crippen molar-refractivity contribution < 1.29 is 28.6 Å². The Morgan fingerprint density at radius 3 is 2.67 bits per heavy atom. The molecule has 0 radical (unpaired) electrons. The van der Waals surface area contributed by atoms with E-state index >= 15 is 0 Å². The number of amides is 3. The second-order valence-corrected chi connectivity index (χ2v) is 7.87. The van der Waals surface area contributed by atoms with Crippen LogP contribution in [0.1, 0.15) is 29.8 Å². The molecule has 0 aromatic heterocycles. The Labute approximate surface area is 195 Å². The second kappa shape index (κ2) is 10.7. The minimum Gasteiger partial charge on any atom is -0.483 e. The Bertz CT molecular complexity index is 1090. The van der Waals surface area contributed by atoms with Crippen molar-refractivity contribution in [2.24, 2.45) is 16.8 Å². The first-order valence-electron chi connectivity index (χ1n) is 9.98. The molecule has 0 saturated heterocycles. The summed E-state index contributed by atoms with van der Waals surface area (Å²) in [5.41, 5.74) is 8.26. The van der Waals surface area contributed by atoms with E-state index in [1.165, 1.54) is 6.21 Å². The molecule has 33 heavy (non-hydrogen) atoms. The van der Waals surface area contributed by atoms with Crippen molar-refractivity contribution in [1.29, 1.82) is 0 Å². The van der Waals surface area contributed by atoms with Gasteiger partial charge in [-0.3, -0.25) is 14.4 Å². The molecule has 3 amide bonds. The van der Waals surface area contributed by atoms with Crippen LogP contribution in [-0.2, 0) is 9.59 Å². The van der Waals surface area contributed by atoms with Gasteiger partial charge in [0, 0.05) is 16.1 Å². The van der Waals surface area contributed by atoms with Crippen LogP contribution >= 0.6 is 11.6 Å². The van der Waals surface area contributed by atoms with Crippen molar-refractivity contribution in [3.8, 4) is 17.2 Å². The van der Waals surface area contributed by atoms with Gasteiger partial charge >= 0.3 is 0 Å². The highest BCUT2D eigenvalue weighted by atomic mass is 35.5. The van der Waals surface area contributed by atoms with Gasteiger partial charge in [-0.1, -0.05) is 25.4 Å². The maximum absolute atomic E-state index is 12.7. The summed E-state index contributed by atoms with van der Waals surface area (Å²) in [7, 11) is 0. The van der Waals surface area contributed by atoms with Crippen LogP contribution in [0, 0.1) is 5.92 Å². The van der Waals surface area contributed by atoms with Crippen LogP contribution in [0.5, 0.6) is 17.2 Å². The van der Waals surface area contributed by atoms with Crippen LogP contribution in [0.3, 0.4) is 0 Å². The van der Waals surface area contributed by atoms with E-state index < -0.39 is 23.8 Å². The maximum atomic E-state index is 12.7. The number of nitrogens with zero attached hydrogens (tertiary/aromatic N) is 1. The lowest BCUT2D eigenvalue weighted by Crippen LogP contribution is -2.48. The zero-order valence-electron chi connectivity index (χ0n) is 18.0. The molecule has 1 heterocycles. The molecule has 0 bridgehead atoms. The average molecular weight is 475 g/mol. The number of fused-ring (bicyclic) bond motifs is 1. The molecule has 0 fully saturated rings. The number of carbonyl (C=O) groups is 3. The lowest BCUT2D eigenvalue weighted by atomic mass is 10.0. The molecule has 11 heteroatoms. The fourth-order valence-corrected chi connectivity index (χ4v) is 3.11. The normalized spacial score (nSPS) is 13.1. The van der Waals surface area contributed by atoms with Gasteiger partial charge in [0.25, 0.3) is 17.7 Å². The van der Waals surface area contributed by atoms with Crippen molar-refractivity contribution in [2.45, 2.75) is 19.9 Å². The Morgan fingerprint density at radius 1 is 1.18 bits per heavy atom. The topological polar surface area (TPSA) is 141 Å². The summed E-state index contributed by atoms with van der Waals surface area (Å²) in [6.07, 6.45) is 1.32. The number of hydrazone groups is 1. The largest absolute Gasteiger partial charge is 0.483 e. The van der Waals surface area contributed by atoms with E-state index in [0.29, 0.717) is 33.4 Å². The van der Waals surface area contributed by atoms with Gasteiger partial charge in [0.15, 0.2) is 18.1 Å². The van der Waals surface area contributed by atoms with E-state index in [1.807, 2.05) is 0 Å². The van der Waals surface area contributed by atoms with Crippen LogP contribution in [0.4, 0.5) is 0 Å². The molecule has 10 nitrogen and oxygen atoms in total. The highest BCUT2D eigenvalue weighted by molar-refractivity contribution is 6.30. The summed E-state index contributed by atoms with van der Waals surface area (Å²) in [5.74, 6) is -0.487. The van der Waals surface area contributed by atoms with Crippen molar-refractivity contribution >= 4 is 35.5 Å². The third kappa shape index (κ3) is 6.36. The van der Waals surface area contributed by atoms with E-state index in [2.05, 4.69) is 15.8 Å². The number of carbonyl (C=O) groups excluding carboxylic acids is 3. The molecule has 0 saturated carbocycles. The van der Waals surface area contributed by atoms with Crippen molar-refractivity contribution in [3.05, 3.63) is 52.5 Å². The number of ether oxygens (including phenoxy) is 3. The van der Waals surface area contributed by atoms with E-state index in [4.69, 9.17) is 31.5 Å². The van der Waals surface area contributed by atoms with Gasteiger partial charge in [0.2, 0.25) is 6.79 Å². The van der Waals surface area contributed by atoms with Gasteiger partial charge < -0.3 is 25.3 Å². The third-order valence-corrected chi connectivity index (χ3v) is 4.83. The first-order chi connectivity index (χ1) is 15.7. The molecule has 1 atom stereocenters. The van der Waals surface area contributed by atoms with E-state index in [9.17, 15) is 14.4 Å². The van der Waals surface area contributed by atoms with Gasteiger partial charge in [0.05, 0.1) is 6.21 Å². The second-order valence-electron chi connectivity index (χ2n) is 7.43. The molecule has 2 aromatic rings. The van der Waals surface area contributed by atoms with Gasteiger partial charge in [0.1, 0.15) is 11.8 Å². The zero-order valence-corrected chi connectivity index (χ0v) is 18.7. The SMILES string of the molecule is CC(C)[C@@H](NC(=O)c1ccc2c(c1)OCO2)C(=O)N/N=C\c1cc(Cl)ccc1OCC(N)=O. The molecule has 0 unspecified atom stereocenters. The van der Waals surface area contributed by atoms with Crippen LogP contribution in [-0.4, -0.2) is 43.4 Å². The molecule has 0 aliphatic carbocycles.